The van der Waals surface area contributed by atoms with Crippen molar-refractivity contribution in [3.8, 4) is 22.7 Å². The summed E-state index contributed by atoms with van der Waals surface area (Å²) in [6.45, 7) is 0. The highest BCUT2D eigenvalue weighted by molar-refractivity contribution is 6.08. The van der Waals surface area contributed by atoms with Crippen molar-refractivity contribution in [3.63, 3.8) is 0 Å². The largest absolute Gasteiger partial charge is 0.497 e. The number of ether oxygens (including phenoxy) is 1. The molecule has 0 aliphatic carbocycles. The molecule has 3 aromatic carbocycles. The standard InChI is InChI=1S/C23H16F3N3O2/c1-31-16-9-7-14(8-10-16)22-17(13-29(28-22)15-5-3-2-4-6-15)23(30)27-19-12-11-18(24)20(25)21(19)26/h2-13H,1H3,(H,27,30). The summed E-state index contributed by atoms with van der Waals surface area (Å²) in [5.74, 6) is -4.58. The Labute approximate surface area is 175 Å². The van der Waals surface area contributed by atoms with Gasteiger partial charge >= 0.3 is 0 Å². The zero-order valence-corrected chi connectivity index (χ0v) is 16.3. The van der Waals surface area contributed by atoms with Crippen LogP contribution in [0, 0.1) is 17.5 Å². The van der Waals surface area contributed by atoms with Crippen molar-refractivity contribution in [2.75, 3.05) is 12.4 Å². The van der Waals surface area contributed by atoms with Gasteiger partial charge in [-0.05, 0) is 48.5 Å². The number of amides is 1. The number of anilines is 1. The zero-order valence-electron chi connectivity index (χ0n) is 16.3. The molecular weight excluding hydrogens is 407 g/mol. The number of benzene rings is 3. The number of nitrogens with one attached hydrogen (secondary N) is 1. The van der Waals surface area contributed by atoms with E-state index in [1.807, 2.05) is 30.3 Å². The highest BCUT2D eigenvalue weighted by Gasteiger charge is 2.21. The van der Waals surface area contributed by atoms with Crippen molar-refractivity contribution < 1.29 is 22.7 Å². The number of carbonyl (C=O) groups is 1. The predicted octanol–water partition coefficient (Wildman–Crippen LogP) is 5.22. The summed E-state index contributed by atoms with van der Waals surface area (Å²) in [6.07, 6.45) is 1.49. The van der Waals surface area contributed by atoms with Gasteiger partial charge in [0.1, 0.15) is 11.4 Å². The molecule has 1 amide bonds. The Morgan fingerprint density at radius 3 is 2.32 bits per heavy atom. The van der Waals surface area contributed by atoms with Crippen LogP contribution in [0.1, 0.15) is 10.4 Å². The Hall–Kier alpha value is -4.07. The Morgan fingerprint density at radius 1 is 0.935 bits per heavy atom. The fourth-order valence-electron chi connectivity index (χ4n) is 3.03. The summed E-state index contributed by atoms with van der Waals surface area (Å²) < 4.78 is 47.5. The lowest BCUT2D eigenvalue weighted by Crippen LogP contribution is -2.14. The molecule has 0 saturated carbocycles. The average Bonchev–Trinajstić information content (AvgIpc) is 3.26. The molecule has 5 nitrogen and oxygen atoms in total. The summed E-state index contributed by atoms with van der Waals surface area (Å²) in [5, 5.41) is 6.80. The molecule has 0 bridgehead atoms. The van der Waals surface area contributed by atoms with Gasteiger partial charge in [0.2, 0.25) is 0 Å². The Bertz CT molecular complexity index is 1240. The number of para-hydroxylation sites is 1. The molecule has 0 unspecified atom stereocenters. The van der Waals surface area contributed by atoms with Crippen LogP contribution < -0.4 is 10.1 Å². The molecule has 0 spiro atoms. The number of rotatable bonds is 5. The topological polar surface area (TPSA) is 56.2 Å². The molecule has 0 aliphatic heterocycles. The van der Waals surface area contributed by atoms with Gasteiger partial charge < -0.3 is 10.1 Å². The molecule has 0 fully saturated rings. The number of carbonyl (C=O) groups excluding carboxylic acids is 1. The van der Waals surface area contributed by atoms with Gasteiger partial charge in [0, 0.05) is 11.8 Å². The molecule has 0 radical (unpaired) electrons. The lowest BCUT2D eigenvalue weighted by atomic mass is 10.1. The van der Waals surface area contributed by atoms with Crippen LogP contribution in [0.25, 0.3) is 16.9 Å². The summed E-state index contributed by atoms with van der Waals surface area (Å²) in [5.41, 5.74) is 1.30. The third kappa shape index (κ3) is 4.00. The van der Waals surface area contributed by atoms with Crippen molar-refractivity contribution in [2.45, 2.75) is 0 Å². The lowest BCUT2D eigenvalue weighted by Gasteiger charge is -2.08. The average molecular weight is 423 g/mol. The molecule has 4 aromatic rings. The number of aromatic nitrogens is 2. The van der Waals surface area contributed by atoms with E-state index in [9.17, 15) is 18.0 Å². The van der Waals surface area contributed by atoms with Gasteiger partial charge in [0.05, 0.1) is 24.0 Å². The first kappa shape index (κ1) is 20.2. The van der Waals surface area contributed by atoms with Crippen LogP contribution in [0.15, 0.2) is 72.9 Å². The summed E-state index contributed by atoms with van der Waals surface area (Å²) in [4.78, 5) is 13.0. The maximum atomic E-state index is 14.1. The van der Waals surface area contributed by atoms with E-state index in [1.165, 1.54) is 18.0 Å². The second kappa shape index (κ2) is 8.35. The number of hydrogen-bond donors (Lipinski definition) is 1. The van der Waals surface area contributed by atoms with E-state index in [1.54, 1.807) is 24.3 Å². The quantitative estimate of drug-likeness (QED) is 0.448. The minimum atomic E-state index is -1.66. The molecule has 0 saturated heterocycles. The first-order chi connectivity index (χ1) is 15.0. The number of methoxy groups -OCH3 is 1. The van der Waals surface area contributed by atoms with E-state index < -0.39 is 29.0 Å². The zero-order chi connectivity index (χ0) is 22.0. The SMILES string of the molecule is COc1ccc(-c2nn(-c3ccccc3)cc2C(=O)Nc2ccc(F)c(F)c2F)cc1. The van der Waals surface area contributed by atoms with Gasteiger partial charge in [-0.1, -0.05) is 18.2 Å². The Balaban J connectivity index is 1.77. The maximum Gasteiger partial charge on any atom is 0.259 e. The second-order valence-corrected chi connectivity index (χ2v) is 6.58. The van der Waals surface area contributed by atoms with Crippen LogP contribution in [-0.4, -0.2) is 22.8 Å². The van der Waals surface area contributed by atoms with E-state index >= 15 is 0 Å². The molecular formula is C23H16F3N3O2. The van der Waals surface area contributed by atoms with Crippen molar-refractivity contribution in [2.24, 2.45) is 0 Å². The fourth-order valence-corrected chi connectivity index (χ4v) is 3.03. The number of hydrogen-bond acceptors (Lipinski definition) is 3. The molecule has 0 aliphatic rings. The van der Waals surface area contributed by atoms with Crippen LogP contribution in [0.2, 0.25) is 0 Å². The fraction of sp³-hybridized carbons (Fsp3) is 0.0435. The molecule has 31 heavy (non-hydrogen) atoms. The smallest absolute Gasteiger partial charge is 0.259 e. The van der Waals surface area contributed by atoms with Crippen LogP contribution in [-0.2, 0) is 0 Å². The Morgan fingerprint density at radius 2 is 1.65 bits per heavy atom. The first-order valence-corrected chi connectivity index (χ1v) is 9.22. The van der Waals surface area contributed by atoms with Crippen LogP contribution in [0.5, 0.6) is 5.75 Å². The maximum absolute atomic E-state index is 14.1. The van der Waals surface area contributed by atoms with E-state index in [0.717, 1.165) is 12.1 Å². The van der Waals surface area contributed by atoms with Crippen molar-refractivity contribution >= 4 is 11.6 Å². The second-order valence-electron chi connectivity index (χ2n) is 6.58. The highest BCUT2D eigenvalue weighted by atomic mass is 19.2. The van der Waals surface area contributed by atoms with Crippen LogP contribution in [0.3, 0.4) is 0 Å². The summed E-state index contributed by atoms with van der Waals surface area (Å²) in [7, 11) is 1.54. The monoisotopic (exact) mass is 423 g/mol. The minimum absolute atomic E-state index is 0.123. The van der Waals surface area contributed by atoms with E-state index in [2.05, 4.69) is 10.4 Å². The van der Waals surface area contributed by atoms with Gasteiger partial charge in [0.25, 0.3) is 5.91 Å². The number of nitrogens with zero attached hydrogens (tertiary/aromatic N) is 2. The lowest BCUT2D eigenvalue weighted by molar-refractivity contribution is 0.102. The Kier molecular flexibility index (Phi) is 5.44. The molecule has 0 atom stereocenters. The summed E-state index contributed by atoms with van der Waals surface area (Å²) >= 11 is 0. The minimum Gasteiger partial charge on any atom is -0.497 e. The molecule has 8 heteroatoms. The number of halogens is 3. The first-order valence-electron chi connectivity index (χ1n) is 9.22. The van der Waals surface area contributed by atoms with Gasteiger partial charge in [-0.25, -0.2) is 17.9 Å². The normalized spacial score (nSPS) is 10.7. The van der Waals surface area contributed by atoms with Crippen molar-refractivity contribution in [1.82, 2.24) is 9.78 Å². The van der Waals surface area contributed by atoms with E-state index in [4.69, 9.17) is 4.74 Å². The molecule has 156 valence electrons. The third-order valence-corrected chi connectivity index (χ3v) is 4.63. The molecule has 1 aromatic heterocycles. The predicted molar refractivity (Wildman–Crippen MR) is 110 cm³/mol. The van der Waals surface area contributed by atoms with Crippen LogP contribution in [0.4, 0.5) is 18.9 Å². The third-order valence-electron chi connectivity index (χ3n) is 4.63. The van der Waals surface area contributed by atoms with Gasteiger partial charge in [-0.3, -0.25) is 4.79 Å². The van der Waals surface area contributed by atoms with Gasteiger partial charge in [0.15, 0.2) is 17.5 Å². The van der Waals surface area contributed by atoms with Crippen molar-refractivity contribution in [1.29, 1.82) is 0 Å². The van der Waals surface area contributed by atoms with Crippen molar-refractivity contribution in [3.05, 3.63) is 95.9 Å². The van der Waals surface area contributed by atoms with Gasteiger partial charge in [-0.2, -0.15) is 5.10 Å². The molecule has 1 heterocycles. The van der Waals surface area contributed by atoms with E-state index in [0.29, 0.717) is 22.7 Å². The molecule has 4 rings (SSSR count). The van der Waals surface area contributed by atoms with E-state index in [-0.39, 0.29) is 5.56 Å². The van der Waals surface area contributed by atoms with Crippen LogP contribution >= 0.6 is 0 Å². The highest BCUT2D eigenvalue weighted by Crippen LogP contribution is 2.27. The summed E-state index contributed by atoms with van der Waals surface area (Å²) in [6, 6.07) is 17.7. The van der Waals surface area contributed by atoms with Gasteiger partial charge in [-0.15, -0.1) is 0 Å². The molecule has 1 N–H and O–H groups in total.